The summed E-state index contributed by atoms with van der Waals surface area (Å²) in [6.07, 6.45) is 7.85. The molecule has 6 rings (SSSR count). The molecule has 4 saturated heterocycles. The van der Waals surface area contributed by atoms with Crippen LogP contribution < -0.4 is 0 Å². The highest BCUT2D eigenvalue weighted by molar-refractivity contribution is 7.33. The summed E-state index contributed by atoms with van der Waals surface area (Å²) in [5.41, 5.74) is 2.06. The van der Waals surface area contributed by atoms with E-state index in [4.69, 9.17) is 0 Å². The molecule has 1 N–H and O–H groups in total. The summed E-state index contributed by atoms with van der Waals surface area (Å²) in [6.45, 7) is 6.62. The van der Waals surface area contributed by atoms with Crippen LogP contribution in [0.25, 0.3) is 11.0 Å². The second kappa shape index (κ2) is 8.32. The van der Waals surface area contributed by atoms with E-state index in [9.17, 15) is 5.11 Å². The predicted octanol–water partition coefficient (Wildman–Crippen LogP) is 2.12. The molecule has 5 heterocycles. The molecule has 31 heavy (non-hydrogen) atoms. The lowest BCUT2D eigenvalue weighted by molar-refractivity contribution is -0.182. The van der Waals surface area contributed by atoms with Gasteiger partial charge in [-0.1, -0.05) is 17.3 Å². The first-order valence-electron chi connectivity index (χ1n) is 12.1. The van der Waals surface area contributed by atoms with Crippen molar-refractivity contribution in [2.75, 3.05) is 39.3 Å². The number of aromatic nitrogens is 3. The van der Waals surface area contributed by atoms with Gasteiger partial charge in [0.2, 0.25) is 0 Å². The Morgan fingerprint density at radius 2 is 1.68 bits per heavy atom. The van der Waals surface area contributed by atoms with Crippen molar-refractivity contribution in [2.45, 2.75) is 63.0 Å². The van der Waals surface area contributed by atoms with Crippen LogP contribution in [0.4, 0.5) is 0 Å². The van der Waals surface area contributed by atoms with Gasteiger partial charge in [0.25, 0.3) is 0 Å². The third-order valence-electron chi connectivity index (χ3n) is 7.83. The maximum absolute atomic E-state index is 11.2. The van der Waals surface area contributed by atoms with Crippen molar-refractivity contribution >= 4 is 19.9 Å². The molecule has 0 spiro atoms. The van der Waals surface area contributed by atoms with Gasteiger partial charge < -0.3 is 5.11 Å². The summed E-state index contributed by atoms with van der Waals surface area (Å²) in [4.78, 5) is 7.90. The van der Waals surface area contributed by atoms with Crippen LogP contribution >= 0.6 is 8.88 Å². The minimum absolute atomic E-state index is 0.248. The van der Waals surface area contributed by atoms with Crippen LogP contribution in [0.5, 0.6) is 0 Å². The molecular formula is C22H34N7OP. The van der Waals surface area contributed by atoms with Gasteiger partial charge in [-0.05, 0) is 70.2 Å². The second-order valence-electron chi connectivity index (χ2n) is 9.49. The van der Waals surface area contributed by atoms with E-state index < -0.39 is 0 Å². The molecule has 168 valence electrons. The van der Waals surface area contributed by atoms with Gasteiger partial charge in [-0.15, -0.1) is 5.10 Å². The Bertz CT molecular complexity index is 912. The number of hydrogen-bond donors (Lipinski definition) is 1. The summed E-state index contributed by atoms with van der Waals surface area (Å²) in [5, 5.41) is 20.1. The molecule has 4 aliphatic heterocycles. The van der Waals surface area contributed by atoms with E-state index in [1.54, 1.807) is 0 Å². The number of aliphatic hydroxyl groups is 1. The quantitative estimate of drug-likeness (QED) is 0.711. The number of rotatable bonds is 5. The average molecular weight is 444 g/mol. The van der Waals surface area contributed by atoms with Crippen molar-refractivity contribution in [1.82, 2.24) is 34.1 Å². The number of nitrogens with zero attached hydrogens (tertiary/aromatic N) is 7. The molecule has 0 amide bonds. The van der Waals surface area contributed by atoms with E-state index in [0.717, 1.165) is 56.5 Å². The van der Waals surface area contributed by atoms with E-state index in [0.29, 0.717) is 14.9 Å². The fraction of sp³-hybridized carbons (Fsp3) is 0.727. The van der Waals surface area contributed by atoms with Gasteiger partial charge in [0.05, 0.1) is 20.4 Å². The first kappa shape index (κ1) is 20.5. The summed E-state index contributed by atoms with van der Waals surface area (Å²) < 4.78 is 4.74. The van der Waals surface area contributed by atoms with Crippen molar-refractivity contribution in [2.24, 2.45) is 0 Å². The molecule has 0 radical (unpaired) electrons. The maximum Gasteiger partial charge on any atom is 0.153 e. The Balaban J connectivity index is 1.43. The third-order valence-corrected chi connectivity index (χ3v) is 9.15. The fourth-order valence-corrected chi connectivity index (χ4v) is 7.95. The van der Waals surface area contributed by atoms with E-state index in [1.165, 1.54) is 38.8 Å². The van der Waals surface area contributed by atoms with Crippen LogP contribution in [0.1, 0.15) is 44.9 Å². The molecular weight excluding hydrogens is 409 g/mol. The van der Waals surface area contributed by atoms with E-state index >= 15 is 0 Å². The summed E-state index contributed by atoms with van der Waals surface area (Å²) in [5.74, 6) is -0.248. The Labute approximate surface area is 186 Å². The number of fused-ring (bicyclic) bond motifs is 1. The van der Waals surface area contributed by atoms with E-state index in [-0.39, 0.29) is 12.0 Å². The lowest BCUT2D eigenvalue weighted by Crippen LogP contribution is -2.73. The first-order valence-corrected chi connectivity index (χ1v) is 13.0. The first-order chi connectivity index (χ1) is 15.3. The summed E-state index contributed by atoms with van der Waals surface area (Å²) >= 11 is 0. The highest BCUT2D eigenvalue weighted by Gasteiger charge is 2.61. The zero-order chi connectivity index (χ0) is 20.8. The van der Waals surface area contributed by atoms with Crippen molar-refractivity contribution in [3.63, 3.8) is 0 Å². The number of benzene rings is 1. The molecule has 0 bridgehead atoms. The SMILES string of the molecule is OC1CCCN1C1(N2CCCC2)C(N2CCCC2)CCN1Pn1nnc2ccccc21. The van der Waals surface area contributed by atoms with Crippen LogP contribution in [0, 0.1) is 0 Å². The number of para-hydroxylation sites is 1. The molecule has 0 aliphatic carbocycles. The van der Waals surface area contributed by atoms with Gasteiger partial charge in [-0.3, -0.25) is 9.80 Å². The topological polar surface area (TPSA) is 63.9 Å². The normalized spacial score (nSPS) is 34.4. The molecule has 0 saturated carbocycles. The lowest BCUT2D eigenvalue weighted by atomic mass is 10.0. The largest absolute Gasteiger partial charge is 0.378 e. The van der Waals surface area contributed by atoms with Crippen molar-refractivity contribution in [3.05, 3.63) is 24.3 Å². The van der Waals surface area contributed by atoms with Crippen LogP contribution in [-0.4, -0.2) is 96.6 Å². The number of hydrogen-bond acceptors (Lipinski definition) is 7. The third kappa shape index (κ3) is 3.26. The zero-order valence-corrected chi connectivity index (χ0v) is 19.2. The monoisotopic (exact) mass is 443 g/mol. The molecule has 9 heteroatoms. The summed E-state index contributed by atoms with van der Waals surface area (Å²) in [6, 6.07) is 8.69. The molecule has 4 fully saturated rings. The Hall–Kier alpha value is -1.15. The van der Waals surface area contributed by atoms with Crippen LogP contribution in [-0.2, 0) is 0 Å². The Morgan fingerprint density at radius 3 is 2.45 bits per heavy atom. The van der Waals surface area contributed by atoms with Crippen LogP contribution in [0.15, 0.2) is 24.3 Å². The minimum Gasteiger partial charge on any atom is -0.378 e. The number of likely N-dealkylation sites (tertiary alicyclic amines) is 3. The molecule has 1 aromatic carbocycles. The summed E-state index contributed by atoms with van der Waals surface area (Å²) in [7, 11) is 0.388. The van der Waals surface area contributed by atoms with E-state index in [1.807, 2.05) is 12.1 Å². The Morgan fingerprint density at radius 1 is 0.903 bits per heavy atom. The highest BCUT2D eigenvalue weighted by atomic mass is 31.1. The fourth-order valence-electron chi connectivity index (χ4n) is 6.54. The molecule has 8 nitrogen and oxygen atoms in total. The van der Waals surface area contributed by atoms with Gasteiger partial charge in [-0.25, -0.2) is 14.0 Å². The average Bonchev–Trinajstić information content (AvgIpc) is 3.59. The van der Waals surface area contributed by atoms with Gasteiger partial charge in [0, 0.05) is 26.2 Å². The van der Waals surface area contributed by atoms with Crippen molar-refractivity contribution in [1.29, 1.82) is 0 Å². The zero-order valence-electron chi connectivity index (χ0n) is 18.2. The standard InChI is InChI=1S/C22H34N7OP/c30-21-10-7-16-27(21)22(26-14-5-6-15-26)20(25-12-3-4-13-25)11-17-28(22)31-29-19-9-2-1-8-18(19)23-24-29/h1-2,8-9,20-21,30-31H,3-7,10-17H2. The van der Waals surface area contributed by atoms with Crippen molar-refractivity contribution in [3.8, 4) is 0 Å². The van der Waals surface area contributed by atoms with Gasteiger partial charge in [-0.2, -0.15) is 0 Å². The minimum atomic E-state index is -0.358. The molecule has 4 aliphatic rings. The van der Waals surface area contributed by atoms with Gasteiger partial charge >= 0.3 is 0 Å². The van der Waals surface area contributed by atoms with Crippen LogP contribution in [0.3, 0.4) is 0 Å². The van der Waals surface area contributed by atoms with Crippen LogP contribution in [0.2, 0.25) is 0 Å². The van der Waals surface area contributed by atoms with Crippen molar-refractivity contribution < 1.29 is 5.11 Å². The molecule has 4 unspecified atom stereocenters. The molecule has 2 aromatic rings. The smallest absolute Gasteiger partial charge is 0.153 e. The molecule has 4 atom stereocenters. The predicted molar refractivity (Wildman–Crippen MR) is 123 cm³/mol. The Kier molecular flexibility index (Phi) is 5.49. The highest BCUT2D eigenvalue weighted by Crippen LogP contribution is 2.49. The van der Waals surface area contributed by atoms with E-state index in [2.05, 4.69) is 46.3 Å². The number of aliphatic hydroxyl groups excluding tert-OH is 1. The van der Waals surface area contributed by atoms with Gasteiger partial charge in [0.15, 0.2) is 5.79 Å². The van der Waals surface area contributed by atoms with Gasteiger partial charge in [0.1, 0.15) is 11.7 Å². The molecule has 1 aromatic heterocycles. The lowest BCUT2D eigenvalue weighted by Gasteiger charge is -2.56. The second-order valence-corrected chi connectivity index (χ2v) is 10.7. The maximum atomic E-state index is 11.2.